The number of anilines is 1. The Balaban J connectivity index is 1.73. The Morgan fingerprint density at radius 1 is 0.897 bits per heavy atom. The zero-order valence-corrected chi connectivity index (χ0v) is 17.5. The van der Waals surface area contributed by atoms with Crippen molar-refractivity contribution in [1.82, 2.24) is 0 Å². The van der Waals surface area contributed by atoms with Crippen LogP contribution in [0.2, 0.25) is 15.1 Å². The van der Waals surface area contributed by atoms with Gasteiger partial charge in [0.05, 0.1) is 22.2 Å². The van der Waals surface area contributed by atoms with Crippen molar-refractivity contribution in [3.63, 3.8) is 0 Å². The van der Waals surface area contributed by atoms with Crippen molar-refractivity contribution >= 4 is 40.5 Å². The van der Waals surface area contributed by atoms with Crippen molar-refractivity contribution in [2.45, 2.75) is 13.2 Å². The first kappa shape index (κ1) is 21.5. The molecule has 8 heteroatoms. The van der Waals surface area contributed by atoms with Crippen molar-refractivity contribution in [2.24, 2.45) is 0 Å². The molecule has 0 spiro atoms. The summed E-state index contributed by atoms with van der Waals surface area (Å²) in [5.41, 5.74) is 2.10. The zero-order valence-electron chi connectivity index (χ0n) is 15.2. The van der Waals surface area contributed by atoms with Gasteiger partial charge in [-0.3, -0.25) is 0 Å². The molecule has 0 heterocycles. The summed E-state index contributed by atoms with van der Waals surface area (Å²) in [6, 6.07) is 11.9. The van der Waals surface area contributed by atoms with Gasteiger partial charge in [-0.05, 0) is 48.0 Å². The Kier molecular flexibility index (Phi) is 7.06. The van der Waals surface area contributed by atoms with Crippen LogP contribution in [0.15, 0.2) is 48.5 Å². The van der Waals surface area contributed by atoms with Gasteiger partial charge < -0.3 is 14.8 Å². The van der Waals surface area contributed by atoms with E-state index in [-0.39, 0.29) is 16.7 Å². The van der Waals surface area contributed by atoms with E-state index in [1.165, 1.54) is 31.4 Å². The molecule has 1 N–H and O–H groups in total. The van der Waals surface area contributed by atoms with E-state index in [2.05, 4.69) is 5.32 Å². The molecule has 0 amide bonds. The van der Waals surface area contributed by atoms with Crippen LogP contribution in [0.3, 0.4) is 0 Å². The average molecular weight is 459 g/mol. The SMILES string of the molecule is COc1cc(CNc2ccc(F)c(Cl)c2)cc(Cl)c1OCc1ccc(F)cc1Cl. The molecule has 0 unspecified atom stereocenters. The van der Waals surface area contributed by atoms with Gasteiger partial charge in [-0.25, -0.2) is 8.78 Å². The molecular formula is C21H16Cl3F2NO2. The van der Waals surface area contributed by atoms with Gasteiger partial charge in [0.2, 0.25) is 0 Å². The van der Waals surface area contributed by atoms with Crippen LogP contribution in [-0.4, -0.2) is 7.11 Å². The van der Waals surface area contributed by atoms with E-state index in [9.17, 15) is 8.78 Å². The lowest BCUT2D eigenvalue weighted by molar-refractivity contribution is 0.284. The van der Waals surface area contributed by atoms with Gasteiger partial charge in [0.1, 0.15) is 18.2 Å². The topological polar surface area (TPSA) is 30.5 Å². The summed E-state index contributed by atoms with van der Waals surface area (Å²) in [5.74, 6) is -0.119. The third-order valence-corrected chi connectivity index (χ3v) is 5.01. The van der Waals surface area contributed by atoms with Gasteiger partial charge in [-0.2, -0.15) is 0 Å². The fourth-order valence-corrected chi connectivity index (χ4v) is 3.30. The quantitative estimate of drug-likeness (QED) is 0.409. The lowest BCUT2D eigenvalue weighted by atomic mass is 10.2. The summed E-state index contributed by atoms with van der Waals surface area (Å²) in [6.07, 6.45) is 0. The van der Waals surface area contributed by atoms with Crippen molar-refractivity contribution in [3.8, 4) is 11.5 Å². The average Bonchev–Trinajstić information content (AvgIpc) is 2.69. The zero-order chi connectivity index (χ0) is 21.0. The van der Waals surface area contributed by atoms with E-state index < -0.39 is 11.6 Å². The summed E-state index contributed by atoms with van der Waals surface area (Å²) >= 11 is 18.2. The van der Waals surface area contributed by atoms with E-state index in [1.54, 1.807) is 24.3 Å². The van der Waals surface area contributed by atoms with Crippen LogP contribution in [0.25, 0.3) is 0 Å². The van der Waals surface area contributed by atoms with Gasteiger partial charge in [0.15, 0.2) is 11.5 Å². The molecular weight excluding hydrogens is 443 g/mol. The molecule has 0 aliphatic heterocycles. The highest BCUT2D eigenvalue weighted by Crippen LogP contribution is 2.37. The van der Waals surface area contributed by atoms with Crippen LogP contribution >= 0.6 is 34.8 Å². The van der Waals surface area contributed by atoms with Gasteiger partial charge in [0, 0.05) is 17.8 Å². The van der Waals surface area contributed by atoms with E-state index >= 15 is 0 Å². The number of benzene rings is 3. The second-order valence-electron chi connectivity index (χ2n) is 6.12. The largest absolute Gasteiger partial charge is 0.493 e. The summed E-state index contributed by atoms with van der Waals surface area (Å²) in [6.45, 7) is 0.503. The maximum absolute atomic E-state index is 13.3. The van der Waals surface area contributed by atoms with Gasteiger partial charge >= 0.3 is 0 Å². The maximum atomic E-state index is 13.3. The molecule has 29 heavy (non-hydrogen) atoms. The van der Waals surface area contributed by atoms with Crippen LogP contribution in [0, 0.1) is 11.6 Å². The Morgan fingerprint density at radius 3 is 2.38 bits per heavy atom. The normalized spacial score (nSPS) is 10.7. The standard InChI is InChI=1S/C21H16Cl3F2NO2/c1-28-20-7-12(10-27-15-4-5-19(26)17(23)9-15)6-18(24)21(20)29-11-13-2-3-14(25)8-16(13)22/h2-9,27H,10-11H2,1H3. The maximum Gasteiger partial charge on any atom is 0.180 e. The molecule has 0 saturated heterocycles. The molecule has 0 fully saturated rings. The summed E-state index contributed by atoms with van der Waals surface area (Å²) in [4.78, 5) is 0. The number of rotatable bonds is 7. The highest BCUT2D eigenvalue weighted by molar-refractivity contribution is 6.32. The summed E-state index contributed by atoms with van der Waals surface area (Å²) < 4.78 is 37.6. The van der Waals surface area contributed by atoms with Crippen LogP contribution in [-0.2, 0) is 13.2 Å². The van der Waals surface area contributed by atoms with Gasteiger partial charge in [-0.1, -0.05) is 40.9 Å². The first-order valence-corrected chi connectivity index (χ1v) is 9.63. The van der Waals surface area contributed by atoms with Crippen LogP contribution in [0.1, 0.15) is 11.1 Å². The first-order valence-electron chi connectivity index (χ1n) is 8.49. The molecule has 0 aliphatic rings. The second-order valence-corrected chi connectivity index (χ2v) is 7.34. The number of halogens is 5. The third-order valence-electron chi connectivity index (χ3n) is 4.09. The van der Waals surface area contributed by atoms with E-state index in [0.29, 0.717) is 34.3 Å². The van der Waals surface area contributed by atoms with Crippen LogP contribution < -0.4 is 14.8 Å². The molecule has 0 radical (unpaired) electrons. The fraction of sp³-hybridized carbons (Fsp3) is 0.143. The predicted molar refractivity (Wildman–Crippen MR) is 112 cm³/mol. The van der Waals surface area contributed by atoms with Crippen molar-refractivity contribution in [3.05, 3.63) is 86.4 Å². The molecule has 3 nitrogen and oxygen atoms in total. The molecule has 0 bridgehead atoms. The number of nitrogens with one attached hydrogen (secondary N) is 1. The molecule has 0 saturated carbocycles. The second kappa shape index (κ2) is 9.53. The van der Waals surface area contributed by atoms with E-state index in [0.717, 1.165) is 5.56 Å². The molecule has 3 aromatic rings. The Labute approximate surface area is 182 Å². The van der Waals surface area contributed by atoms with Crippen LogP contribution in [0.5, 0.6) is 11.5 Å². The number of hydrogen-bond donors (Lipinski definition) is 1. The Hall–Kier alpha value is -2.21. The predicted octanol–water partition coefficient (Wildman–Crippen LogP) is 7.12. The molecule has 152 valence electrons. The minimum absolute atomic E-state index is 0.0359. The lowest BCUT2D eigenvalue weighted by Gasteiger charge is -2.15. The number of hydrogen-bond acceptors (Lipinski definition) is 3. The molecule has 3 rings (SSSR count). The molecule has 3 aromatic carbocycles. The smallest absolute Gasteiger partial charge is 0.180 e. The summed E-state index contributed by atoms with van der Waals surface area (Å²) in [7, 11) is 1.50. The number of methoxy groups -OCH3 is 1. The number of ether oxygens (including phenoxy) is 2. The molecule has 0 atom stereocenters. The van der Waals surface area contributed by atoms with Crippen molar-refractivity contribution in [1.29, 1.82) is 0 Å². The summed E-state index contributed by atoms with van der Waals surface area (Å²) in [5, 5.41) is 3.78. The van der Waals surface area contributed by atoms with E-state index in [4.69, 9.17) is 44.3 Å². The highest BCUT2D eigenvalue weighted by Gasteiger charge is 2.14. The van der Waals surface area contributed by atoms with Crippen molar-refractivity contribution < 1.29 is 18.3 Å². The van der Waals surface area contributed by atoms with Gasteiger partial charge in [0.25, 0.3) is 0 Å². The lowest BCUT2D eigenvalue weighted by Crippen LogP contribution is -2.03. The Morgan fingerprint density at radius 2 is 1.69 bits per heavy atom. The monoisotopic (exact) mass is 457 g/mol. The third kappa shape index (κ3) is 5.44. The minimum atomic E-state index is -0.482. The first-order chi connectivity index (χ1) is 13.9. The highest BCUT2D eigenvalue weighted by atomic mass is 35.5. The van der Waals surface area contributed by atoms with E-state index in [1.807, 2.05) is 0 Å². The van der Waals surface area contributed by atoms with Crippen molar-refractivity contribution in [2.75, 3.05) is 12.4 Å². The molecule has 0 aromatic heterocycles. The fourth-order valence-electron chi connectivity index (χ4n) is 2.61. The Bertz CT molecular complexity index is 1030. The minimum Gasteiger partial charge on any atom is -0.493 e. The molecule has 0 aliphatic carbocycles. The van der Waals surface area contributed by atoms with Crippen LogP contribution in [0.4, 0.5) is 14.5 Å². The van der Waals surface area contributed by atoms with Gasteiger partial charge in [-0.15, -0.1) is 0 Å².